The van der Waals surface area contributed by atoms with E-state index >= 15 is 0 Å². The molecule has 2 heterocycles. The summed E-state index contributed by atoms with van der Waals surface area (Å²) in [5, 5.41) is 4.97. The van der Waals surface area contributed by atoms with Gasteiger partial charge in [-0.3, -0.25) is 4.79 Å². The van der Waals surface area contributed by atoms with Gasteiger partial charge in [0.25, 0.3) is 0 Å². The van der Waals surface area contributed by atoms with Gasteiger partial charge in [-0.2, -0.15) is 0 Å². The van der Waals surface area contributed by atoms with E-state index in [1.807, 2.05) is 30.3 Å². The molecule has 0 spiro atoms. The topological polar surface area (TPSA) is 60.5 Å². The smallest absolute Gasteiger partial charge is 0.231 e. The Balaban J connectivity index is 1.36. The van der Waals surface area contributed by atoms with E-state index in [4.69, 9.17) is 14.5 Å². The third-order valence-electron chi connectivity index (χ3n) is 4.50. The first-order valence-electron chi connectivity index (χ1n) is 8.75. The summed E-state index contributed by atoms with van der Waals surface area (Å²) in [6, 6.07) is 13.9. The number of pyridine rings is 1. The van der Waals surface area contributed by atoms with Crippen LogP contribution in [0.1, 0.15) is 16.7 Å². The van der Waals surface area contributed by atoms with Crippen LogP contribution in [0.4, 0.5) is 0 Å². The van der Waals surface area contributed by atoms with Crippen LogP contribution >= 0.6 is 11.8 Å². The molecular formula is C21H20N2O3S. The zero-order valence-electron chi connectivity index (χ0n) is 15.2. The summed E-state index contributed by atoms with van der Waals surface area (Å²) < 4.78 is 10.7. The molecule has 1 aliphatic rings. The molecule has 0 fully saturated rings. The van der Waals surface area contributed by atoms with Crippen molar-refractivity contribution in [3.8, 4) is 11.5 Å². The lowest BCUT2D eigenvalue weighted by atomic mass is 10.1. The molecule has 0 unspecified atom stereocenters. The normalized spacial score (nSPS) is 12.4. The zero-order valence-corrected chi connectivity index (χ0v) is 16.1. The van der Waals surface area contributed by atoms with Crippen LogP contribution in [0.25, 0.3) is 10.9 Å². The molecule has 1 aliphatic heterocycles. The van der Waals surface area contributed by atoms with Crippen LogP contribution in [0.2, 0.25) is 0 Å². The quantitative estimate of drug-likeness (QED) is 0.678. The van der Waals surface area contributed by atoms with Gasteiger partial charge in [0.05, 0.1) is 16.3 Å². The van der Waals surface area contributed by atoms with Gasteiger partial charge in [0, 0.05) is 11.9 Å². The number of fused-ring (bicyclic) bond motifs is 2. The maximum Gasteiger partial charge on any atom is 0.231 e. The van der Waals surface area contributed by atoms with E-state index in [2.05, 4.69) is 31.3 Å². The van der Waals surface area contributed by atoms with Gasteiger partial charge in [-0.25, -0.2) is 4.98 Å². The Morgan fingerprint density at radius 2 is 1.96 bits per heavy atom. The molecule has 4 rings (SSSR count). The van der Waals surface area contributed by atoms with Gasteiger partial charge in [-0.15, -0.1) is 0 Å². The van der Waals surface area contributed by atoms with E-state index in [1.54, 1.807) is 0 Å². The molecule has 2 aromatic carbocycles. The Bertz CT molecular complexity index is 1020. The number of ether oxygens (including phenoxy) is 2. The lowest BCUT2D eigenvalue weighted by Crippen LogP contribution is -2.24. The van der Waals surface area contributed by atoms with Gasteiger partial charge in [-0.05, 0) is 48.7 Å². The maximum atomic E-state index is 12.2. The number of amides is 1. The summed E-state index contributed by atoms with van der Waals surface area (Å²) in [4.78, 5) is 16.9. The Morgan fingerprint density at radius 1 is 1.11 bits per heavy atom. The number of nitrogens with zero attached hydrogens (tertiary/aromatic N) is 1. The van der Waals surface area contributed by atoms with Crippen molar-refractivity contribution in [3.63, 3.8) is 0 Å². The lowest BCUT2D eigenvalue weighted by molar-refractivity contribution is -0.118. The van der Waals surface area contributed by atoms with Crippen LogP contribution in [0, 0.1) is 13.8 Å². The number of rotatable bonds is 5. The predicted molar refractivity (Wildman–Crippen MR) is 106 cm³/mol. The summed E-state index contributed by atoms with van der Waals surface area (Å²) in [6.07, 6.45) is 0. The van der Waals surface area contributed by atoms with Gasteiger partial charge >= 0.3 is 0 Å². The Morgan fingerprint density at radius 3 is 2.85 bits per heavy atom. The van der Waals surface area contributed by atoms with Crippen molar-refractivity contribution < 1.29 is 14.3 Å². The molecule has 0 radical (unpaired) electrons. The molecule has 138 valence electrons. The average molecular weight is 380 g/mol. The first-order chi connectivity index (χ1) is 13.1. The molecule has 0 saturated carbocycles. The Hall–Kier alpha value is -2.73. The molecular weight excluding hydrogens is 360 g/mol. The number of carbonyl (C=O) groups is 1. The SMILES string of the molecule is Cc1cc(SCC(=O)NCc2ccc3c(c2)OCO3)nc2c(C)cccc12. The molecule has 0 bridgehead atoms. The van der Waals surface area contributed by atoms with Crippen molar-refractivity contribution in [1.82, 2.24) is 10.3 Å². The number of benzene rings is 2. The molecule has 1 amide bonds. The third-order valence-corrected chi connectivity index (χ3v) is 5.41. The van der Waals surface area contributed by atoms with Gasteiger partial charge in [0.1, 0.15) is 0 Å². The fourth-order valence-corrected chi connectivity index (χ4v) is 3.84. The molecule has 27 heavy (non-hydrogen) atoms. The number of aromatic nitrogens is 1. The summed E-state index contributed by atoms with van der Waals surface area (Å²) >= 11 is 1.45. The number of thioether (sulfide) groups is 1. The van der Waals surface area contributed by atoms with Gasteiger partial charge in [-0.1, -0.05) is 36.0 Å². The van der Waals surface area contributed by atoms with Crippen LogP contribution in [0.15, 0.2) is 47.5 Å². The second kappa shape index (κ2) is 7.48. The summed E-state index contributed by atoms with van der Waals surface area (Å²) in [6.45, 7) is 4.84. The van der Waals surface area contributed by atoms with Crippen molar-refractivity contribution >= 4 is 28.6 Å². The van der Waals surface area contributed by atoms with Crippen molar-refractivity contribution in [2.45, 2.75) is 25.4 Å². The fraction of sp³-hybridized carbons (Fsp3) is 0.238. The van der Waals surface area contributed by atoms with E-state index < -0.39 is 0 Å². The number of hydrogen-bond acceptors (Lipinski definition) is 5. The number of carbonyl (C=O) groups excluding carboxylic acids is 1. The van der Waals surface area contributed by atoms with Crippen molar-refractivity contribution in [3.05, 3.63) is 59.2 Å². The number of aryl methyl sites for hydroxylation is 2. The first-order valence-corrected chi connectivity index (χ1v) is 9.74. The standard InChI is InChI=1S/C21H20N2O3S/c1-13-4-3-5-16-14(2)8-20(23-21(13)16)27-11-19(24)22-10-15-6-7-17-18(9-15)26-12-25-17/h3-9H,10-12H2,1-2H3,(H,22,24). The second-order valence-electron chi connectivity index (χ2n) is 6.50. The Kier molecular flexibility index (Phi) is 4.90. The van der Waals surface area contributed by atoms with E-state index in [-0.39, 0.29) is 12.7 Å². The van der Waals surface area contributed by atoms with Gasteiger partial charge in [0.15, 0.2) is 11.5 Å². The maximum absolute atomic E-state index is 12.2. The van der Waals surface area contributed by atoms with Crippen LogP contribution in [-0.4, -0.2) is 23.4 Å². The van der Waals surface area contributed by atoms with E-state index in [0.29, 0.717) is 12.3 Å². The van der Waals surface area contributed by atoms with Crippen LogP contribution in [0.5, 0.6) is 11.5 Å². The molecule has 1 aromatic heterocycles. The minimum atomic E-state index is -0.0259. The molecule has 0 atom stereocenters. The monoisotopic (exact) mass is 380 g/mol. The highest BCUT2D eigenvalue weighted by Gasteiger charge is 2.13. The minimum absolute atomic E-state index is 0.0259. The van der Waals surface area contributed by atoms with Crippen LogP contribution in [0.3, 0.4) is 0 Å². The zero-order chi connectivity index (χ0) is 18.8. The van der Waals surface area contributed by atoms with E-state index in [0.717, 1.165) is 38.6 Å². The molecule has 6 heteroatoms. The number of para-hydroxylation sites is 1. The predicted octanol–water partition coefficient (Wildman–Crippen LogP) is 3.99. The average Bonchev–Trinajstić information content (AvgIpc) is 3.13. The molecule has 0 saturated heterocycles. The lowest BCUT2D eigenvalue weighted by Gasteiger charge is -2.09. The van der Waals surface area contributed by atoms with Gasteiger partial charge in [0.2, 0.25) is 12.7 Å². The fourth-order valence-electron chi connectivity index (χ4n) is 3.05. The van der Waals surface area contributed by atoms with Gasteiger partial charge < -0.3 is 14.8 Å². The highest BCUT2D eigenvalue weighted by molar-refractivity contribution is 7.99. The summed E-state index contributed by atoms with van der Waals surface area (Å²) in [5.41, 5.74) is 4.30. The number of hydrogen-bond donors (Lipinski definition) is 1. The van der Waals surface area contributed by atoms with Crippen molar-refractivity contribution in [2.24, 2.45) is 0 Å². The second-order valence-corrected chi connectivity index (χ2v) is 7.50. The molecule has 3 aromatic rings. The molecule has 5 nitrogen and oxygen atoms in total. The molecule has 1 N–H and O–H groups in total. The minimum Gasteiger partial charge on any atom is -0.454 e. The van der Waals surface area contributed by atoms with Crippen molar-refractivity contribution in [1.29, 1.82) is 0 Å². The summed E-state index contributed by atoms with van der Waals surface area (Å²) in [5.74, 6) is 1.77. The first kappa shape index (κ1) is 17.7. The van der Waals surface area contributed by atoms with Crippen molar-refractivity contribution in [2.75, 3.05) is 12.5 Å². The highest BCUT2D eigenvalue weighted by Crippen LogP contribution is 2.32. The van der Waals surface area contributed by atoms with E-state index in [9.17, 15) is 4.79 Å². The van der Waals surface area contributed by atoms with Crippen LogP contribution in [-0.2, 0) is 11.3 Å². The third kappa shape index (κ3) is 3.85. The largest absolute Gasteiger partial charge is 0.454 e. The highest BCUT2D eigenvalue weighted by atomic mass is 32.2. The number of nitrogens with one attached hydrogen (secondary N) is 1. The van der Waals surface area contributed by atoms with E-state index in [1.165, 1.54) is 17.3 Å². The van der Waals surface area contributed by atoms with Crippen LogP contribution < -0.4 is 14.8 Å². The Labute approximate surface area is 162 Å². The molecule has 0 aliphatic carbocycles. The summed E-state index contributed by atoms with van der Waals surface area (Å²) in [7, 11) is 0.